The van der Waals surface area contributed by atoms with Crippen molar-refractivity contribution < 1.29 is 29.2 Å². The Hall–Kier alpha value is -2.57. The third-order valence-corrected chi connectivity index (χ3v) is 5.84. The first-order valence-corrected chi connectivity index (χ1v) is 10.6. The minimum absolute atomic E-state index is 0.0922. The summed E-state index contributed by atoms with van der Waals surface area (Å²) in [5.41, 5.74) is 2.40. The van der Waals surface area contributed by atoms with Crippen molar-refractivity contribution in [1.29, 1.82) is 0 Å². The van der Waals surface area contributed by atoms with Gasteiger partial charge in [0.05, 0.1) is 0 Å². The van der Waals surface area contributed by atoms with E-state index >= 15 is 0 Å². The lowest BCUT2D eigenvalue weighted by atomic mass is 9.91. The molecule has 2 aliphatic rings. The standard InChI is InChI=1S/C24H28O6/c25-20(16-29-22-9-8-18-5-2-6-19(18)13-22)15-28-21-7-1-4-17(12-21)14-24(23(26)27)10-3-11-30-24/h1,4,7-9,12-13,20,25H,2-3,5-6,10-11,14-16H2,(H,26,27). The molecule has 1 fully saturated rings. The van der Waals surface area contributed by atoms with E-state index in [1.807, 2.05) is 18.2 Å². The fourth-order valence-electron chi connectivity index (χ4n) is 4.23. The topological polar surface area (TPSA) is 85.2 Å². The van der Waals surface area contributed by atoms with E-state index in [1.54, 1.807) is 12.1 Å². The molecule has 2 unspecified atom stereocenters. The van der Waals surface area contributed by atoms with Crippen molar-refractivity contribution in [3.63, 3.8) is 0 Å². The largest absolute Gasteiger partial charge is 0.491 e. The molecule has 1 aliphatic carbocycles. The molecule has 4 rings (SSSR count). The van der Waals surface area contributed by atoms with E-state index in [0.29, 0.717) is 25.2 Å². The summed E-state index contributed by atoms with van der Waals surface area (Å²) in [5, 5.41) is 19.8. The van der Waals surface area contributed by atoms with Crippen LogP contribution in [0.5, 0.6) is 11.5 Å². The Labute approximate surface area is 176 Å². The predicted molar refractivity (Wildman–Crippen MR) is 111 cm³/mol. The van der Waals surface area contributed by atoms with Gasteiger partial charge in [-0.3, -0.25) is 0 Å². The van der Waals surface area contributed by atoms with Gasteiger partial charge in [0.15, 0.2) is 5.60 Å². The van der Waals surface area contributed by atoms with Gasteiger partial charge in [0.2, 0.25) is 0 Å². The molecule has 0 spiro atoms. The minimum atomic E-state index is -1.15. The molecule has 0 radical (unpaired) electrons. The fourth-order valence-corrected chi connectivity index (χ4v) is 4.23. The molecule has 0 bridgehead atoms. The number of aliphatic hydroxyl groups is 1. The van der Waals surface area contributed by atoms with Gasteiger partial charge in [-0.25, -0.2) is 4.79 Å². The molecule has 0 saturated carbocycles. The summed E-state index contributed by atoms with van der Waals surface area (Å²) in [7, 11) is 0. The summed E-state index contributed by atoms with van der Waals surface area (Å²) in [4.78, 5) is 11.7. The van der Waals surface area contributed by atoms with Gasteiger partial charge < -0.3 is 24.4 Å². The average molecular weight is 412 g/mol. The van der Waals surface area contributed by atoms with E-state index in [1.165, 1.54) is 17.5 Å². The zero-order chi connectivity index (χ0) is 21.0. The van der Waals surface area contributed by atoms with Gasteiger partial charge in [0.25, 0.3) is 0 Å². The van der Waals surface area contributed by atoms with Gasteiger partial charge in [-0.1, -0.05) is 18.2 Å². The highest BCUT2D eigenvalue weighted by atomic mass is 16.5. The Balaban J connectivity index is 1.28. The number of aliphatic carboxylic acids is 1. The number of aliphatic hydroxyl groups excluding tert-OH is 1. The van der Waals surface area contributed by atoms with Crippen LogP contribution in [0.1, 0.15) is 36.0 Å². The molecule has 0 amide bonds. The zero-order valence-electron chi connectivity index (χ0n) is 17.0. The maximum atomic E-state index is 11.7. The molecule has 1 saturated heterocycles. The van der Waals surface area contributed by atoms with Crippen molar-refractivity contribution in [2.75, 3.05) is 19.8 Å². The van der Waals surface area contributed by atoms with Crippen LogP contribution in [0, 0.1) is 0 Å². The van der Waals surface area contributed by atoms with Gasteiger partial charge >= 0.3 is 5.97 Å². The second-order valence-corrected chi connectivity index (χ2v) is 8.14. The summed E-state index contributed by atoms with van der Waals surface area (Å²) in [6.45, 7) is 0.711. The summed E-state index contributed by atoms with van der Waals surface area (Å²) >= 11 is 0. The van der Waals surface area contributed by atoms with E-state index < -0.39 is 17.7 Å². The minimum Gasteiger partial charge on any atom is -0.491 e. The Morgan fingerprint density at radius 2 is 1.80 bits per heavy atom. The molecule has 2 aromatic rings. The molecule has 160 valence electrons. The van der Waals surface area contributed by atoms with Gasteiger partial charge in [0.1, 0.15) is 30.8 Å². The first-order chi connectivity index (χ1) is 14.5. The number of benzene rings is 2. The zero-order valence-corrected chi connectivity index (χ0v) is 17.0. The molecule has 2 aromatic carbocycles. The summed E-state index contributed by atoms with van der Waals surface area (Å²) in [5.74, 6) is 0.431. The quantitative estimate of drug-likeness (QED) is 0.658. The Kier molecular flexibility index (Phi) is 6.25. The number of rotatable bonds is 9. The average Bonchev–Trinajstić information content (AvgIpc) is 3.41. The van der Waals surface area contributed by atoms with Crippen molar-refractivity contribution in [3.05, 3.63) is 59.2 Å². The van der Waals surface area contributed by atoms with Crippen LogP contribution in [-0.2, 0) is 28.8 Å². The number of hydrogen-bond donors (Lipinski definition) is 2. The van der Waals surface area contributed by atoms with Crippen LogP contribution in [0.4, 0.5) is 0 Å². The number of carboxylic acids is 1. The van der Waals surface area contributed by atoms with Crippen LogP contribution in [0.15, 0.2) is 42.5 Å². The fraction of sp³-hybridized carbons (Fsp3) is 0.458. The van der Waals surface area contributed by atoms with Gasteiger partial charge in [0, 0.05) is 13.0 Å². The lowest BCUT2D eigenvalue weighted by molar-refractivity contribution is -0.159. The van der Waals surface area contributed by atoms with Crippen LogP contribution in [0.2, 0.25) is 0 Å². The van der Waals surface area contributed by atoms with Crippen LogP contribution >= 0.6 is 0 Å². The highest BCUT2D eigenvalue weighted by Gasteiger charge is 2.42. The van der Waals surface area contributed by atoms with Crippen LogP contribution < -0.4 is 9.47 Å². The van der Waals surface area contributed by atoms with Crippen molar-refractivity contribution in [2.45, 2.75) is 50.2 Å². The maximum Gasteiger partial charge on any atom is 0.336 e. The molecule has 6 heteroatoms. The van der Waals surface area contributed by atoms with Gasteiger partial charge in [-0.2, -0.15) is 0 Å². The summed E-state index contributed by atoms with van der Waals surface area (Å²) in [6, 6.07) is 13.4. The van der Waals surface area contributed by atoms with E-state index in [2.05, 4.69) is 12.1 Å². The number of carboxylic acid groups (broad SMARTS) is 1. The number of ether oxygens (including phenoxy) is 3. The van der Waals surface area contributed by atoms with Gasteiger partial charge in [-0.15, -0.1) is 0 Å². The highest BCUT2D eigenvalue weighted by Crippen LogP contribution is 2.31. The van der Waals surface area contributed by atoms with Crippen molar-refractivity contribution in [3.8, 4) is 11.5 Å². The van der Waals surface area contributed by atoms with E-state index in [4.69, 9.17) is 14.2 Å². The monoisotopic (exact) mass is 412 g/mol. The second kappa shape index (κ2) is 9.06. The van der Waals surface area contributed by atoms with Crippen molar-refractivity contribution in [2.24, 2.45) is 0 Å². The third kappa shape index (κ3) is 4.77. The van der Waals surface area contributed by atoms with Crippen LogP contribution in [0.3, 0.4) is 0 Å². The van der Waals surface area contributed by atoms with Crippen LogP contribution in [-0.4, -0.2) is 47.7 Å². The molecule has 0 aromatic heterocycles. The number of hydrogen-bond acceptors (Lipinski definition) is 5. The van der Waals surface area contributed by atoms with Crippen molar-refractivity contribution in [1.82, 2.24) is 0 Å². The van der Waals surface area contributed by atoms with Crippen LogP contribution in [0.25, 0.3) is 0 Å². The molecule has 1 heterocycles. The molecular formula is C24H28O6. The smallest absolute Gasteiger partial charge is 0.336 e. The van der Waals surface area contributed by atoms with Crippen molar-refractivity contribution >= 4 is 5.97 Å². The van der Waals surface area contributed by atoms with E-state index in [9.17, 15) is 15.0 Å². The van der Waals surface area contributed by atoms with E-state index in [0.717, 1.165) is 30.6 Å². The first kappa shape index (κ1) is 20.7. The molecule has 1 aliphatic heterocycles. The normalized spacial score (nSPS) is 21.2. The van der Waals surface area contributed by atoms with Gasteiger partial charge in [-0.05, 0) is 73.1 Å². The molecule has 2 atom stereocenters. The predicted octanol–water partition coefficient (Wildman–Crippen LogP) is 3.17. The lowest BCUT2D eigenvalue weighted by Gasteiger charge is -2.23. The molecule has 30 heavy (non-hydrogen) atoms. The number of fused-ring (bicyclic) bond motifs is 1. The lowest BCUT2D eigenvalue weighted by Crippen LogP contribution is -2.40. The molecular weight excluding hydrogens is 384 g/mol. The second-order valence-electron chi connectivity index (χ2n) is 8.14. The Bertz CT molecular complexity index is 887. The SMILES string of the molecule is O=C(O)C1(Cc2cccc(OCC(O)COc3ccc4c(c3)CCC4)c2)CCCO1. The molecule has 2 N–H and O–H groups in total. The summed E-state index contributed by atoms with van der Waals surface area (Å²) in [6.07, 6.45) is 4.18. The molecule has 6 nitrogen and oxygen atoms in total. The Morgan fingerprint density at radius 3 is 2.53 bits per heavy atom. The Morgan fingerprint density at radius 1 is 1.03 bits per heavy atom. The highest BCUT2D eigenvalue weighted by molar-refractivity contribution is 5.78. The maximum absolute atomic E-state index is 11.7. The van der Waals surface area contributed by atoms with E-state index in [-0.39, 0.29) is 13.2 Å². The first-order valence-electron chi connectivity index (χ1n) is 10.6. The third-order valence-electron chi connectivity index (χ3n) is 5.84. The number of carbonyl (C=O) groups is 1. The summed E-state index contributed by atoms with van der Waals surface area (Å²) < 4.78 is 17.0. The number of aryl methyl sites for hydroxylation is 2.